The summed E-state index contributed by atoms with van der Waals surface area (Å²) < 4.78 is 123. The number of rotatable bonds is 6. The fourth-order valence-corrected chi connectivity index (χ4v) is 2.81. The monoisotopic (exact) mass is 479 g/mol. The van der Waals surface area contributed by atoms with E-state index in [-0.39, 0.29) is 29.3 Å². The van der Waals surface area contributed by atoms with Crippen molar-refractivity contribution in [3.05, 3.63) is 89.2 Å². The van der Waals surface area contributed by atoms with Crippen molar-refractivity contribution in [2.45, 2.75) is 24.8 Å². The van der Waals surface area contributed by atoms with Crippen LogP contribution in [0.5, 0.6) is 11.5 Å². The van der Waals surface area contributed by atoms with Crippen LogP contribution in [0.15, 0.2) is 66.7 Å². The highest BCUT2D eigenvalue weighted by Crippen LogP contribution is 2.44. The van der Waals surface area contributed by atoms with Crippen molar-refractivity contribution in [3.63, 3.8) is 0 Å². The molecule has 3 aromatic rings. The Morgan fingerprint density at radius 1 is 0.697 bits per heavy atom. The van der Waals surface area contributed by atoms with E-state index in [9.17, 15) is 39.5 Å². The molecule has 0 spiro atoms. The van der Waals surface area contributed by atoms with Crippen LogP contribution in [0, 0.1) is 5.82 Å². The van der Waals surface area contributed by atoms with Gasteiger partial charge in [-0.25, -0.2) is 4.39 Å². The van der Waals surface area contributed by atoms with Crippen LogP contribution in [0.4, 0.5) is 45.2 Å². The van der Waals surface area contributed by atoms with E-state index in [0.717, 1.165) is 6.07 Å². The first-order valence-electron chi connectivity index (χ1n) is 9.20. The van der Waals surface area contributed by atoms with Crippen LogP contribution in [0.1, 0.15) is 16.7 Å². The van der Waals surface area contributed by atoms with E-state index in [0.29, 0.717) is 30.3 Å². The van der Waals surface area contributed by atoms with E-state index in [1.165, 1.54) is 30.3 Å². The maximum atomic E-state index is 13.9. The number of alkyl halides is 8. The van der Waals surface area contributed by atoms with Gasteiger partial charge in [0.25, 0.3) is 0 Å². The predicted molar refractivity (Wildman–Crippen MR) is 102 cm³/mol. The SMILES string of the molecule is Fc1ccc(C(F)(F)F)cc1CNc1cccc(Oc2cccc(C(F)(F)C(F)(F)F)c2)c1. The Bertz CT molecular complexity index is 1120. The Labute approximate surface area is 181 Å². The average Bonchev–Trinajstić information content (AvgIpc) is 2.72. The lowest BCUT2D eigenvalue weighted by Gasteiger charge is -2.20. The first kappa shape index (κ1) is 24.3. The fourth-order valence-electron chi connectivity index (χ4n) is 2.81. The predicted octanol–water partition coefficient (Wildman–Crippen LogP) is 7.90. The molecule has 11 heteroatoms. The molecule has 0 amide bonds. The number of hydrogen-bond donors (Lipinski definition) is 1. The molecule has 0 aliphatic rings. The summed E-state index contributed by atoms with van der Waals surface area (Å²) in [5.41, 5.74) is -2.30. The van der Waals surface area contributed by atoms with Gasteiger partial charge in [0.2, 0.25) is 0 Å². The van der Waals surface area contributed by atoms with Crippen molar-refractivity contribution >= 4 is 5.69 Å². The number of anilines is 1. The summed E-state index contributed by atoms with van der Waals surface area (Å²) in [6, 6.07) is 10.9. The summed E-state index contributed by atoms with van der Waals surface area (Å²) in [6.07, 6.45) is -10.4. The molecule has 0 heterocycles. The lowest BCUT2D eigenvalue weighted by Crippen LogP contribution is -2.33. The number of ether oxygens (including phenoxy) is 1. The zero-order valence-corrected chi connectivity index (χ0v) is 16.4. The van der Waals surface area contributed by atoms with Gasteiger partial charge >= 0.3 is 18.3 Å². The van der Waals surface area contributed by atoms with E-state index < -0.39 is 35.2 Å². The second-order valence-corrected chi connectivity index (χ2v) is 6.89. The largest absolute Gasteiger partial charge is 0.458 e. The molecule has 1 N–H and O–H groups in total. The lowest BCUT2D eigenvalue weighted by atomic mass is 10.1. The van der Waals surface area contributed by atoms with Gasteiger partial charge in [-0.2, -0.15) is 35.1 Å². The van der Waals surface area contributed by atoms with Crippen molar-refractivity contribution in [1.29, 1.82) is 0 Å². The molecule has 33 heavy (non-hydrogen) atoms. The highest BCUT2D eigenvalue weighted by Gasteiger charge is 2.58. The first-order valence-corrected chi connectivity index (χ1v) is 9.20. The van der Waals surface area contributed by atoms with Gasteiger partial charge in [-0.3, -0.25) is 0 Å². The van der Waals surface area contributed by atoms with Crippen molar-refractivity contribution < 1.29 is 44.3 Å². The molecular weight excluding hydrogens is 465 g/mol. The van der Waals surface area contributed by atoms with Crippen molar-refractivity contribution in [3.8, 4) is 11.5 Å². The van der Waals surface area contributed by atoms with E-state index in [1.807, 2.05) is 0 Å². The van der Waals surface area contributed by atoms with Crippen LogP contribution in [0.3, 0.4) is 0 Å². The molecular formula is C22H14F9NO. The second kappa shape index (κ2) is 8.87. The average molecular weight is 479 g/mol. The van der Waals surface area contributed by atoms with Gasteiger partial charge in [-0.15, -0.1) is 0 Å². The topological polar surface area (TPSA) is 21.3 Å². The lowest BCUT2D eigenvalue weighted by molar-refractivity contribution is -0.289. The first-order chi connectivity index (χ1) is 15.3. The van der Waals surface area contributed by atoms with Gasteiger partial charge in [0.05, 0.1) is 5.56 Å². The normalized spacial score (nSPS) is 12.5. The highest BCUT2D eigenvalue weighted by molar-refractivity contribution is 5.50. The quantitative estimate of drug-likeness (QED) is 0.363. The van der Waals surface area contributed by atoms with E-state index >= 15 is 0 Å². The summed E-state index contributed by atoms with van der Waals surface area (Å²) in [5, 5.41) is 2.71. The van der Waals surface area contributed by atoms with Gasteiger partial charge in [-0.05, 0) is 42.5 Å². The van der Waals surface area contributed by atoms with Crippen LogP contribution >= 0.6 is 0 Å². The Hall–Kier alpha value is -3.37. The molecule has 0 unspecified atom stereocenters. The minimum Gasteiger partial charge on any atom is -0.457 e. The summed E-state index contributed by atoms with van der Waals surface area (Å²) in [7, 11) is 0. The van der Waals surface area contributed by atoms with Crippen LogP contribution in [-0.4, -0.2) is 6.18 Å². The fraction of sp³-hybridized carbons (Fsp3) is 0.182. The van der Waals surface area contributed by atoms with E-state index in [4.69, 9.17) is 4.74 Å². The third kappa shape index (κ3) is 5.71. The molecule has 0 radical (unpaired) electrons. The molecule has 2 nitrogen and oxygen atoms in total. The molecule has 3 rings (SSSR count). The van der Waals surface area contributed by atoms with Crippen molar-refractivity contribution in [2.24, 2.45) is 0 Å². The molecule has 0 aromatic heterocycles. The second-order valence-electron chi connectivity index (χ2n) is 6.89. The Morgan fingerprint density at radius 2 is 1.33 bits per heavy atom. The van der Waals surface area contributed by atoms with E-state index in [2.05, 4.69) is 5.32 Å². The number of benzene rings is 3. The van der Waals surface area contributed by atoms with Crippen LogP contribution < -0.4 is 10.1 Å². The van der Waals surface area contributed by atoms with Gasteiger partial charge in [0.1, 0.15) is 17.3 Å². The number of hydrogen-bond acceptors (Lipinski definition) is 2. The van der Waals surface area contributed by atoms with Crippen molar-refractivity contribution in [2.75, 3.05) is 5.32 Å². The Balaban J connectivity index is 1.75. The zero-order chi connectivity index (χ0) is 24.4. The van der Waals surface area contributed by atoms with Crippen LogP contribution in [0.2, 0.25) is 0 Å². The van der Waals surface area contributed by atoms with E-state index in [1.54, 1.807) is 0 Å². The molecule has 0 saturated heterocycles. The van der Waals surface area contributed by atoms with Crippen LogP contribution in [0.25, 0.3) is 0 Å². The van der Waals surface area contributed by atoms with Gasteiger partial charge in [0.15, 0.2) is 0 Å². The zero-order valence-electron chi connectivity index (χ0n) is 16.4. The molecule has 0 saturated carbocycles. The molecule has 176 valence electrons. The summed E-state index contributed by atoms with van der Waals surface area (Å²) in [4.78, 5) is 0. The van der Waals surface area contributed by atoms with Gasteiger partial charge in [-0.1, -0.05) is 18.2 Å². The molecule has 0 aliphatic heterocycles. The van der Waals surface area contributed by atoms with Gasteiger partial charge < -0.3 is 10.1 Å². The molecule has 0 aliphatic carbocycles. The Kier molecular flexibility index (Phi) is 6.53. The molecule has 0 bridgehead atoms. The van der Waals surface area contributed by atoms with Crippen molar-refractivity contribution in [1.82, 2.24) is 0 Å². The summed E-state index contributed by atoms with van der Waals surface area (Å²) in [6.45, 7) is -0.313. The number of nitrogens with one attached hydrogen (secondary N) is 1. The summed E-state index contributed by atoms with van der Waals surface area (Å²) in [5.74, 6) is -6.19. The van der Waals surface area contributed by atoms with Gasteiger partial charge in [0, 0.05) is 29.4 Å². The standard InChI is InChI=1S/C22H14F9NO/c23-19-8-7-15(21(26,27)28)9-13(19)12-32-16-4-2-6-18(11-16)33-17-5-1-3-14(10-17)20(24,25)22(29,30)31/h1-11,32H,12H2. The third-order valence-corrected chi connectivity index (χ3v) is 4.48. The number of halogens is 9. The maximum Gasteiger partial charge on any atom is 0.458 e. The molecule has 0 atom stereocenters. The highest BCUT2D eigenvalue weighted by atomic mass is 19.4. The molecule has 3 aromatic carbocycles. The minimum absolute atomic E-state index is 0.0389. The minimum atomic E-state index is -5.78. The Morgan fingerprint density at radius 3 is 1.97 bits per heavy atom. The molecule has 0 fully saturated rings. The summed E-state index contributed by atoms with van der Waals surface area (Å²) >= 11 is 0. The maximum absolute atomic E-state index is 13.9. The third-order valence-electron chi connectivity index (χ3n) is 4.48. The van der Waals surface area contributed by atoms with Crippen LogP contribution in [-0.2, 0) is 18.6 Å². The smallest absolute Gasteiger partial charge is 0.457 e.